The molecule has 1 N–H and O–H groups in total. The molecule has 0 atom stereocenters. The first-order valence-electron chi connectivity index (χ1n) is 5.11. The minimum atomic E-state index is -3.06. The van der Waals surface area contributed by atoms with Crippen LogP contribution < -0.4 is 0 Å². The topological polar surface area (TPSA) is 57.6 Å². The molecule has 0 aromatic heterocycles. The first kappa shape index (κ1) is 11.9. The van der Waals surface area contributed by atoms with E-state index in [0.717, 1.165) is 12.8 Å². The zero-order chi connectivity index (χ0) is 10.8. The van der Waals surface area contributed by atoms with Crippen LogP contribution in [0.25, 0.3) is 0 Å². The highest BCUT2D eigenvalue weighted by atomic mass is 32.2. The molecule has 1 rings (SSSR count). The molecular formula is C9H19NO3S. The Labute approximate surface area is 86.0 Å². The minimum absolute atomic E-state index is 0.0864. The Morgan fingerprint density at radius 3 is 2.21 bits per heavy atom. The first-order chi connectivity index (χ1) is 6.47. The van der Waals surface area contributed by atoms with Crippen molar-refractivity contribution in [1.29, 1.82) is 0 Å². The van der Waals surface area contributed by atoms with Gasteiger partial charge in [-0.15, -0.1) is 0 Å². The molecule has 1 aliphatic rings. The summed E-state index contributed by atoms with van der Waals surface area (Å²) in [6.45, 7) is 1.66. The van der Waals surface area contributed by atoms with Crippen molar-refractivity contribution in [2.45, 2.75) is 44.8 Å². The Morgan fingerprint density at radius 1 is 1.29 bits per heavy atom. The van der Waals surface area contributed by atoms with Gasteiger partial charge in [0.15, 0.2) is 0 Å². The fourth-order valence-electron chi connectivity index (χ4n) is 1.85. The van der Waals surface area contributed by atoms with Crippen LogP contribution in [-0.2, 0) is 10.0 Å². The van der Waals surface area contributed by atoms with Gasteiger partial charge >= 0.3 is 0 Å². The molecule has 0 bridgehead atoms. The second-order valence-electron chi connectivity index (χ2n) is 3.88. The third-order valence-corrected chi connectivity index (χ3v) is 4.89. The Morgan fingerprint density at radius 2 is 1.79 bits per heavy atom. The van der Waals surface area contributed by atoms with Crippen LogP contribution in [0.1, 0.15) is 32.6 Å². The third-order valence-electron chi connectivity index (χ3n) is 2.98. The van der Waals surface area contributed by atoms with E-state index in [-0.39, 0.29) is 17.9 Å². The van der Waals surface area contributed by atoms with Crippen LogP contribution in [0.4, 0.5) is 0 Å². The second kappa shape index (κ2) is 4.59. The number of aliphatic hydroxyl groups excluding tert-OH is 1. The normalized spacial score (nSPS) is 29.4. The fraction of sp³-hybridized carbons (Fsp3) is 1.00. The Kier molecular flexibility index (Phi) is 3.92. The van der Waals surface area contributed by atoms with Gasteiger partial charge in [-0.05, 0) is 32.6 Å². The molecule has 0 heterocycles. The van der Waals surface area contributed by atoms with Gasteiger partial charge in [0, 0.05) is 13.1 Å². The number of sulfonamides is 1. The van der Waals surface area contributed by atoms with Gasteiger partial charge in [0.1, 0.15) is 0 Å². The van der Waals surface area contributed by atoms with E-state index >= 15 is 0 Å². The Bertz CT molecular complexity index is 268. The van der Waals surface area contributed by atoms with Crippen LogP contribution in [0, 0.1) is 0 Å². The van der Waals surface area contributed by atoms with Crippen LogP contribution >= 0.6 is 0 Å². The smallest absolute Gasteiger partial charge is 0.213 e. The SMILES string of the molecule is CCS(=O)(=O)N(C)C1CCC(O)CC1. The van der Waals surface area contributed by atoms with E-state index in [0.29, 0.717) is 12.8 Å². The van der Waals surface area contributed by atoms with E-state index in [1.54, 1.807) is 14.0 Å². The van der Waals surface area contributed by atoms with E-state index in [4.69, 9.17) is 0 Å². The average molecular weight is 221 g/mol. The monoisotopic (exact) mass is 221 g/mol. The van der Waals surface area contributed by atoms with Crippen molar-refractivity contribution < 1.29 is 13.5 Å². The summed E-state index contributed by atoms with van der Waals surface area (Å²) in [5, 5.41) is 9.30. The summed E-state index contributed by atoms with van der Waals surface area (Å²) < 4.78 is 24.6. The molecule has 1 fully saturated rings. The molecule has 0 unspecified atom stereocenters. The summed E-state index contributed by atoms with van der Waals surface area (Å²) in [6, 6.07) is 0.0864. The van der Waals surface area contributed by atoms with Gasteiger partial charge in [-0.25, -0.2) is 12.7 Å². The zero-order valence-electron chi connectivity index (χ0n) is 8.81. The highest BCUT2D eigenvalue weighted by Gasteiger charge is 2.28. The van der Waals surface area contributed by atoms with Gasteiger partial charge in [-0.3, -0.25) is 0 Å². The van der Waals surface area contributed by atoms with Gasteiger partial charge in [-0.1, -0.05) is 0 Å². The first-order valence-corrected chi connectivity index (χ1v) is 6.72. The largest absolute Gasteiger partial charge is 0.393 e. The molecule has 0 aliphatic heterocycles. The summed E-state index contributed by atoms with van der Waals surface area (Å²) in [6.07, 6.45) is 2.75. The zero-order valence-corrected chi connectivity index (χ0v) is 9.63. The molecule has 0 saturated heterocycles. The molecule has 0 amide bonds. The lowest BCUT2D eigenvalue weighted by atomic mass is 9.93. The highest BCUT2D eigenvalue weighted by Crippen LogP contribution is 2.23. The van der Waals surface area contributed by atoms with Gasteiger partial charge < -0.3 is 5.11 Å². The molecule has 1 saturated carbocycles. The van der Waals surface area contributed by atoms with Crippen molar-refractivity contribution in [2.24, 2.45) is 0 Å². The molecule has 0 radical (unpaired) electrons. The summed E-state index contributed by atoms with van der Waals surface area (Å²) in [5.41, 5.74) is 0. The minimum Gasteiger partial charge on any atom is -0.393 e. The summed E-state index contributed by atoms with van der Waals surface area (Å²) in [5.74, 6) is 0.155. The fourth-order valence-corrected chi connectivity index (χ4v) is 2.92. The summed E-state index contributed by atoms with van der Waals surface area (Å²) in [4.78, 5) is 0. The maximum atomic E-state index is 11.5. The molecule has 14 heavy (non-hydrogen) atoms. The highest BCUT2D eigenvalue weighted by molar-refractivity contribution is 7.89. The maximum Gasteiger partial charge on any atom is 0.213 e. The number of rotatable bonds is 3. The molecule has 84 valence electrons. The quantitative estimate of drug-likeness (QED) is 0.758. The molecule has 1 aliphatic carbocycles. The molecule has 5 heteroatoms. The van der Waals surface area contributed by atoms with Crippen LogP contribution in [0.2, 0.25) is 0 Å². The van der Waals surface area contributed by atoms with Gasteiger partial charge in [0.05, 0.1) is 11.9 Å². The van der Waals surface area contributed by atoms with Crippen LogP contribution in [0.3, 0.4) is 0 Å². The van der Waals surface area contributed by atoms with E-state index in [2.05, 4.69) is 0 Å². The number of aliphatic hydroxyl groups is 1. The van der Waals surface area contributed by atoms with Crippen molar-refractivity contribution in [3.05, 3.63) is 0 Å². The number of nitrogens with zero attached hydrogens (tertiary/aromatic N) is 1. The van der Waals surface area contributed by atoms with Crippen LogP contribution in [0.15, 0.2) is 0 Å². The van der Waals surface area contributed by atoms with E-state index in [1.165, 1.54) is 4.31 Å². The van der Waals surface area contributed by atoms with Crippen molar-refractivity contribution in [1.82, 2.24) is 4.31 Å². The predicted octanol–water partition coefficient (Wildman–Crippen LogP) is 0.571. The maximum absolute atomic E-state index is 11.5. The molecule has 0 aromatic carbocycles. The Hall–Kier alpha value is -0.130. The van der Waals surface area contributed by atoms with E-state index < -0.39 is 10.0 Å². The van der Waals surface area contributed by atoms with Crippen molar-refractivity contribution in [2.75, 3.05) is 12.8 Å². The van der Waals surface area contributed by atoms with E-state index in [9.17, 15) is 13.5 Å². The van der Waals surface area contributed by atoms with Crippen molar-refractivity contribution in [3.8, 4) is 0 Å². The van der Waals surface area contributed by atoms with Gasteiger partial charge in [0.25, 0.3) is 0 Å². The molecule has 4 nitrogen and oxygen atoms in total. The van der Waals surface area contributed by atoms with Crippen LogP contribution in [0.5, 0.6) is 0 Å². The Balaban J connectivity index is 2.58. The summed E-state index contributed by atoms with van der Waals surface area (Å²) >= 11 is 0. The van der Waals surface area contributed by atoms with Gasteiger partial charge in [0.2, 0.25) is 10.0 Å². The molecule has 0 spiro atoms. The average Bonchev–Trinajstić information content (AvgIpc) is 2.18. The second-order valence-corrected chi connectivity index (χ2v) is 6.20. The molecule has 0 aromatic rings. The lowest BCUT2D eigenvalue weighted by Gasteiger charge is -2.32. The lowest BCUT2D eigenvalue weighted by molar-refractivity contribution is 0.104. The third kappa shape index (κ3) is 2.68. The van der Waals surface area contributed by atoms with E-state index in [1.807, 2.05) is 0 Å². The van der Waals surface area contributed by atoms with Crippen molar-refractivity contribution in [3.63, 3.8) is 0 Å². The predicted molar refractivity (Wildman–Crippen MR) is 55.5 cm³/mol. The van der Waals surface area contributed by atoms with Gasteiger partial charge in [-0.2, -0.15) is 0 Å². The number of hydrogen-bond donors (Lipinski definition) is 1. The van der Waals surface area contributed by atoms with Crippen molar-refractivity contribution >= 4 is 10.0 Å². The standard InChI is InChI=1S/C9H19NO3S/c1-3-14(12,13)10(2)8-4-6-9(11)7-5-8/h8-9,11H,3-7H2,1-2H3. The number of hydrogen-bond acceptors (Lipinski definition) is 3. The van der Waals surface area contributed by atoms with Crippen LogP contribution in [-0.4, -0.2) is 42.8 Å². The molecular weight excluding hydrogens is 202 g/mol. The summed E-state index contributed by atoms with van der Waals surface area (Å²) in [7, 11) is -1.42. The lowest BCUT2D eigenvalue weighted by Crippen LogP contribution is -2.40.